The van der Waals surface area contributed by atoms with E-state index in [1.807, 2.05) is 6.07 Å². The van der Waals surface area contributed by atoms with Gasteiger partial charge in [-0.1, -0.05) is 18.2 Å². The van der Waals surface area contributed by atoms with Gasteiger partial charge in [-0.2, -0.15) is 5.10 Å². The second-order valence-corrected chi connectivity index (χ2v) is 9.80. The van der Waals surface area contributed by atoms with Gasteiger partial charge in [0, 0.05) is 18.3 Å². The molecule has 4 aromatic rings. The van der Waals surface area contributed by atoms with Crippen LogP contribution in [0.5, 0.6) is 0 Å². The first-order valence-electron chi connectivity index (χ1n) is 12.2. The first kappa shape index (κ1) is 23.0. The summed E-state index contributed by atoms with van der Waals surface area (Å²) in [7, 11) is 0. The number of halogens is 1. The fraction of sp³-hybridized carbons (Fsp3) is 0.308. The summed E-state index contributed by atoms with van der Waals surface area (Å²) < 4.78 is 16.0. The van der Waals surface area contributed by atoms with Crippen molar-refractivity contribution in [3.63, 3.8) is 0 Å². The van der Waals surface area contributed by atoms with E-state index in [1.54, 1.807) is 49.0 Å². The van der Waals surface area contributed by atoms with Crippen LogP contribution in [-0.2, 0) is 21.5 Å². The number of aromatic nitrogens is 5. The van der Waals surface area contributed by atoms with Gasteiger partial charge in [0.2, 0.25) is 11.8 Å². The molecular formula is C26H25FN8O2. The Hall–Kier alpha value is -4.41. The zero-order chi connectivity index (χ0) is 25.7. The Bertz CT molecular complexity index is 1560. The van der Waals surface area contributed by atoms with Gasteiger partial charge < -0.3 is 16.0 Å². The van der Waals surface area contributed by atoms with E-state index in [1.165, 1.54) is 6.07 Å². The molecule has 1 aromatic carbocycles. The highest BCUT2D eigenvalue weighted by atomic mass is 19.1. The number of amides is 2. The molecule has 1 atom stereocenters. The van der Waals surface area contributed by atoms with Crippen molar-refractivity contribution in [2.45, 2.75) is 44.7 Å². The zero-order valence-electron chi connectivity index (χ0n) is 20.4. The number of pyridine rings is 1. The van der Waals surface area contributed by atoms with Crippen molar-refractivity contribution in [2.24, 2.45) is 0 Å². The maximum Gasteiger partial charge on any atom is 0.242 e. The Morgan fingerprint density at radius 3 is 2.81 bits per heavy atom. The molecule has 0 aliphatic carbocycles. The van der Waals surface area contributed by atoms with E-state index >= 15 is 0 Å². The second-order valence-electron chi connectivity index (χ2n) is 9.80. The number of rotatable bonds is 5. The van der Waals surface area contributed by atoms with Crippen molar-refractivity contribution < 1.29 is 14.0 Å². The summed E-state index contributed by atoms with van der Waals surface area (Å²) >= 11 is 0. The SMILES string of the molecule is CC1(C)C(=O)Nc2nc(-c3nn(Cc4ccccc4F)c4ncccc34)nc(N[C@@H]3CCCNC3=O)c21. The summed E-state index contributed by atoms with van der Waals surface area (Å²) in [6.45, 7) is 4.40. The number of carbonyl (C=O) groups is 2. The molecule has 0 radical (unpaired) electrons. The summed E-state index contributed by atoms with van der Waals surface area (Å²) in [6, 6.07) is 9.66. The molecule has 1 fully saturated rings. The van der Waals surface area contributed by atoms with E-state index in [0.717, 1.165) is 6.42 Å². The van der Waals surface area contributed by atoms with Crippen LogP contribution in [0.1, 0.15) is 37.8 Å². The quantitative estimate of drug-likeness (QED) is 0.385. The number of benzene rings is 1. The Balaban J connectivity index is 1.49. The van der Waals surface area contributed by atoms with E-state index in [-0.39, 0.29) is 30.0 Å². The first-order chi connectivity index (χ1) is 17.8. The highest BCUT2D eigenvalue weighted by Crippen LogP contribution is 2.42. The van der Waals surface area contributed by atoms with Crippen LogP contribution in [0, 0.1) is 5.82 Å². The van der Waals surface area contributed by atoms with Gasteiger partial charge in [-0.3, -0.25) is 9.59 Å². The van der Waals surface area contributed by atoms with Crippen molar-refractivity contribution >= 4 is 34.5 Å². The third kappa shape index (κ3) is 3.87. The fourth-order valence-electron chi connectivity index (χ4n) is 4.88. The van der Waals surface area contributed by atoms with E-state index in [0.29, 0.717) is 52.5 Å². The van der Waals surface area contributed by atoms with Crippen molar-refractivity contribution in [1.29, 1.82) is 0 Å². The molecule has 3 N–H and O–H groups in total. The third-order valence-corrected chi connectivity index (χ3v) is 6.93. The second kappa shape index (κ2) is 8.61. The van der Waals surface area contributed by atoms with Crippen molar-refractivity contribution in [1.82, 2.24) is 30.0 Å². The van der Waals surface area contributed by atoms with Gasteiger partial charge in [-0.15, -0.1) is 0 Å². The smallest absolute Gasteiger partial charge is 0.242 e. The average molecular weight is 501 g/mol. The molecule has 2 aliphatic rings. The largest absolute Gasteiger partial charge is 0.358 e. The molecule has 10 nitrogen and oxygen atoms in total. The summed E-state index contributed by atoms with van der Waals surface area (Å²) in [5.74, 6) is 0.395. The Kier molecular flexibility index (Phi) is 5.36. The molecule has 188 valence electrons. The maximum atomic E-state index is 14.4. The highest BCUT2D eigenvalue weighted by molar-refractivity contribution is 6.07. The molecule has 5 heterocycles. The normalized spacial score (nSPS) is 18.4. The van der Waals surface area contributed by atoms with Crippen LogP contribution < -0.4 is 16.0 Å². The van der Waals surface area contributed by atoms with Crippen LogP contribution in [0.15, 0.2) is 42.6 Å². The van der Waals surface area contributed by atoms with Crippen LogP contribution in [0.4, 0.5) is 16.0 Å². The van der Waals surface area contributed by atoms with E-state index in [4.69, 9.17) is 10.1 Å². The monoisotopic (exact) mass is 500 g/mol. The first-order valence-corrected chi connectivity index (χ1v) is 12.2. The number of hydrogen-bond donors (Lipinski definition) is 3. The molecule has 2 amide bonds. The van der Waals surface area contributed by atoms with Gasteiger partial charge in [0.1, 0.15) is 29.2 Å². The van der Waals surface area contributed by atoms with Gasteiger partial charge in [-0.05, 0) is 44.9 Å². The zero-order valence-corrected chi connectivity index (χ0v) is 20.4. The number of anilines is 2. The van der Waals surface area contributed by atoms with Gasteiger partial charge in [0.25, 0.3) is 0 Å². The van der Waals surface area contributed by atoms with Crippen LogP contribution in [0.3, 0.4) is 0 Å². The summed E-state index contributed by atoms with van der Waals surface area (Å²) in [4.78, 5) is 39.2. The van der Waals surface area contributed by atoms with Crippen LogP contribution in [-0.4, -0.2) is 49.1 Å². The molecule has 6 rings (SSSR count). The average Bonchev–Trinajstić information content (AvgIpc) is 3.36. The Morgan fingerprint density at radius 2 is 2.00 bits per heavy atom. The van der Waals surface area contributed by atoms with E-state index < -0.39 is 11.5 Å². The maximum absolute atomic E-state index is 14.4. The minimum atomic E-state index is -0.894. The third-order valence-electron chi connectivity index (χ3n) is 6.93. The number of fused-ring (bicyclic) bond motifs is 2. The van der Waals surface area contributed by atoms with Gasteiger partial charge in [0.05, 0.1) is 22.9 Å². The lowest BCUT2D eigenvalue weighted by atomic mass is 9.87. The topological polar surface area (TPSA) is 127 Å². The minimum Gasteiger partial charge on any atom is -0.358 e. The summed E-state index contributed by atoms with van der Waals surface area (Å²) in [5, 5.41) is 14.4. The lowest BCUT2D eigenvalue weighted by Crippen LogP contribution is -2.45. The molecule has 0 unspecified atom stereocenters. The Morgan fingerprint density at radius 1 is 1.16 bits per heavy atom. The van der Waals surface area contributed by atoms with E-state index in [2.05, 4.69) is 25.9 Å². The minimum absolute atomic E-state index is 0.112. The predicted octanol–water partition coefficient (Wildman–Crippen LogP) is 3.00. The highest BCUT2D eigenvalue weighted by Gasteiger charge is 2.43. The molecule has 37 heavy (non-hydrogen) atoms. The lowest BCUT2D eigenvalue weighted by Gasteiger charge is -2.26. The van der Waals surface area contributed by atoms with Crippen molar-refractivity contribution in [3.05, 3.63) is 59.5 Å². The van der Waals surface area contributed by atoms with E-state index in [9.17, 15) is 14.0 Å². The lowest BCUT2D eigenvalue weighted by molar-refractivity contribution is -0.123. The Labute approximate surface area is 211 Å². The molecule has 2 aliphatic heterocycles. The van der Waals surface area contributed by atoms with Crippen molar-refractivity contribution in [2.75, 3.05) is 17.2 Å². The number of nitrogens with zero attached hydrogens (tertiary/aromatic N) is 5. The van der Waals surface area contributed by atoms with Crippen molar-refractivity contribution in [3.8, 4) is 11.5 Å². The summed E-state index contributed by atoms with van der Waals surface area (Å²) in [6.07, 6.45) is 3.12. The van der Waals surface area contributed by atoms with Crippen LogP contribution in [0.25, 0.3) is 22.6 Å². The molecule has 0 spiro atoms. The van der Waals surface area contributed by atoms with Gasteiger partial charge >= 0.3 is 0 Å². The molecule has 0 saturated carbocycles. The van der Waals surface area contributed by atoms with Crippen LogP contribution >= 0.6 is 0 Å². The molecule has 11 heteroatoms. The number of nitrogens with one attached hydrogen (secondary N) is 3. The predicted molar refractivity (Wildman–Crippen MR) is 135 cm³/mol. The fourth-order valence-corrected chi connectivity index (χ4v) is 4.88. The molecule has 1 saturated heterocycles. The van der Waals surface area contributed by atoms with Gasteiger partial charge in [0.15, 0.2) is 11.5 Å². The summed E-state index contributed by atoms with van der Waals surface area (Å²) in [5.41, 5.74) is 1.18. The standard InChI is InChI=1S/C26H25FN8O2/c1-26(2)18-20(30-17-10-6-12-29-24(17)36)31-22(32-21(18)33-25(26)37)19-15-8-5-11-28-23(15)35(34-19)13-14-7-3-4-9-16(14)27/h3-5,7-9,11,17H,6,10,12-13H2,1-2H3,(H,29,36)(H2,30,31,32,33,37)/t17-/m1/s1. The molecule has 3 aromatic heterocycles. The van der Waals surface area contributed by atoms with Crippen LogP contribution in [0.2, 0.25) is 0 Å². The van der Waals surface area contributed by atoms with Gasteiger partial charge in [-0.25, -0.2) is 24.0 Å². The number of piperidine rings is 1. The molecular weight excluding hydrogens is 475 g/mol. The number of hydrogen-bond acceptors (Lipinski definition) is 7. The molecule has 0 bridgehead atoms. The number of carbonyl (C=O) groups excluding carboxylic acids is 2.